The number of hydroxylamine groups is 1. The smallest absolute Gasteiger partial charge is 0.180 e. The highest BCUT2D eigenvalue weighted by molar-refractivity contribution is 5.77. The van der Waals surface area contributed by atoms with E-state index in [9.17, 15) is 0 Å². The van der Waals surface area contributed by atoms with Gasteiger partial charge in [0, 0.05) is 24.2 Å². The number of hydrogen-bond donors (Lipinski definition) is 1. The lowest BCUT2D eigenvalue weighted by Crippen LogP contribution is -2.15. The normalized spacial score (nSPS) is 16.5. The van der Waals surface area contributed by atoms with E-state index in [2.05, 4.69) is 20.4 Å². The zero-order chi connectivity index (χ0) is 16.4. The number of nitrogens with one attached hydrogen (secondary N) is 1. The number of aromatic nitrogens is 4. The van der Waals surface area contributed by atoms with Crippen LogP contribution in [0.15, 0.2) is 61.2 Å². The molecule has 0 saturated carbocycles. The molecule has 1 N–H and O–H groups in total. The summed E-state index contributed by atoms with van der Waals surface area (Å²) in [6.45, 7) is 2.02. The molecule has 0 aliphatic carbocycles. The van der Waals surface area contributed by atoms with E-state index in [4.69, 9.17) is 9.82 Å². The zero-order valence-electron chi connectivity index (χ0n) is 13.0. The molecule has 1 aliphatic rings. The molecule has 6 heteroatoms. The van der Waals surface area contributed by atoms with Gasteiger partial charge in [0.25, 0.3) is 0 Å². The minimum Gasteiger partial charge on any atom is -0.408 e. The van der Waals surface area contributed by atoms with Crippen molar-refractivity contribution in [3.63, 3.8) is 0 Å². The van der Waals surface area contributed by atoms with Gasteiger partial charge in [0.05, 0.1) is 23.5 Å². The molecule has 0 spiro atoms. The standard InChI is InChI=1S/C18H15N5O/c1-12-9-16(24-23-12)14-10-21-18(15-11-19-7-8-20-15)22-17(14)13-5-3-2-4-6-13/h2-12,23H,1H3. The summed E-state index contributed by atoms with van der Waals surface area (Å²) < 4.78 is 0. The average Bonchev–Trinajstić information content (AvgIpc) is 3.09. The number of hydrogen-bond acceptors (Lipinski definition) is 6. The third kappa shape index (κ3) is 2.75. The van der Waals surface area contributed by atoms with Crippen LogP contribution in [0.4, 0.5) is 0 Å². The summed E-state index contributed by atoms with van der Waals surface area (Å²) >= 11 is 0. The van der Waals surface area contributed by atoms with Crippen LogP contribution >= 0.6 is 0 Å². The van der Waals surface area contributed by atoms with Gasteiger partial charge >= 0.3 is 0 Å². The number of rotatable bonds is 3. The highest BCUT2D eigenvalue weighted by Crippen LogP contribution is 2.30. The monoisotopic (exact) mass is 317 g/mol. The van der Waals surface area contributed by atoms with Crippen LogP contribution in [0.25, 0.3) is 28.5 Å². The molecule has 2 aromatic heterocycles. The molecule has 0 saturated heterocycles. The van der Waals surface area contributed by atoms with Crippen LogP contribution < -0.4 is 5.48 Å². The van der Waals surface area contributed by atoms with E-state index in [-0.39, 0.29) is 6.04 Å². The molecule has 1 aliphatic heterocycles. The lowest BCUT2D eigenvalue weighted by Gasteiger charge is -2.11. The van der Waals surface area contributed by atoms with Crippen molar-refractivity contribution in [1.29, 1.82) is 0 Å². The van der Waals surface area contributed by atoms with Crippen molar-refractivity contribution in [2.75, 3.05) is 0 Å². The predicted molar refractivity (Wildman–Crippen MR) is 90.2 cm³/mol. The Hall–Kier alpha value is -3.12. The summed E-state index contributed by atoms with van der Waals surface area (Å²) in [5, 5.41) is 0. The summed E-state index contributed by atoms with van der Waals surface area (Å²) in [7, 11) is 0. The lowest BCUT2D eigenvalue weighted by molar-refractivity contribution is 0.167. The summed E-state index contributed by atoms with van der Waals surface area (Å²) in [5.74, 6) is 1.26. The van der Waals surface area contributed by atoms with E-state index >= 15 is 0 Å². The van der Waals surface area contributed by atoms with Gasteiger partial charge in [-0.25, -0.2) is 15.0 Å². The van der Waals surface area contributed by atoms with Crippen molar-refractivity contribution in [2.24, 2.45) is 0 Å². The molecule has 0 bridgehead atoms. The molecule has 6 nitrogen and oxygen atoms in total. The maximum Gasteiger partial charge on any atom is 0.180 e. The van der Waals surface area contributed by atoms with E-state index in [1.807, 2.05) is 43.3 Å². The average molecular weight is 317 g/mol. The Balaban J connectivity index is 1.87. The third-order valence-corrected chi connectivity index (χ3v) is 3.65. The Morgan fingerprint density at radius 1 is 1.04 bits per heavy atom. The summed E-state index contributed by atoms with van der Waals surface area (Å²) in [5.41, 5.74) is 6.18. The van der Waals surface area contributed by atoms with E-state index in [1.165, 1.54) is 0 Å². The fraction of sp³-hybridized carbons (Fsp3) is 0.111. The van der Waals surface area contributed by atoms with Crippen molar-refractivity contribution in [3.8, 4) is 22.8 Å². The van der Waals surface area contributed by atoms with Crippen LogP contribution in [0.5, 0.6) is 0 Å². The summed E-state index contributed by atoms with van der Waals surface area (Å²) in [6, 6.07) is 10.1. The second kappa shape index (κ2) is 6.17. The molecule has 0 radical (unpaired) electrons. The van der Waals surface area contributed by atoms with Gasteiger partial charge in [-0.05, 0) is 13.0 Å². The fourth-order valence-corrected chi connectivity index (χ4v) is 2.51. The first-order valence-corrected chi connectivity index (χ1v) is 7.64. The second-order valence-corrected chi connectivity index (χ2v) is 5.45. The number of nitrogens with zero attached hydrogens (tertiary/aromatic N) is 4. The predicted octanol–water partition coefficient (Wildman–Crippen LogP) is 2.86. The first-order valence-electron chi connectivity index (χ1n) is 7.64. The van der Waals surface area contributed by atoms with Crippen molar-refractivity contribution >= 4 is 5.76 Å². The van der Waals surface area contributed by atoms with Crippen molar-refractivity contribution in [2.45, 2.75) is 13.0 Å². The Labute approximate surface area is 139 Å². The highest BCUT2D eigenvalue weighted by Gasteiger charge is 2.20. The lowest BCUT2D eigenvalue weighted by atomic mass is 10.0. The van der Waals surface area contributed by atoms with E-state index in [1.54, 1.807) is 24.8 Å². The van der Waals surface area contributed by atoms with E-state index in [0.29, 0.717) is 11.5 Å². The maximum absolute atomic E-state index is 5.56. The van der Waals surface area contributed by atoms with Gasteiger partial charge in [-0.2, -0.15) is 0 Å². The summed E-state index contributed by atoms with van der Waals surface area (Å²) in [4.78, 5) is 23.1. The summed E-state index contributed by atoms with van der Waals surface area (Å²) in [6.07, 6.45) is 8.68. The van der Waals surface area contributed by atoms with Crippen LogP contribution in [-0.4, -0.2) is 26.0 Å². The topological polar surface area (TPSA) is 72.8 Å². The third-order valence-electron chi connectivity index (χ3n) is 3.65. The molecule has 1 unspecified atom stereocenters. The van der Waals surface area contributed by atoms with Crippen LogP contribution in [0.1, 0.15) is 12.5 Å². The van der Waals surface area contributed by atoms with Crippen molar-refractivity contribution < 1.29 is 4.84 Å². The molecule has 0 amide bonds. The van der Waals surface area contributed by atoms with Crippen LogP contribution in [0.2, 0.25) is 0 Å². The molecule has 3 aromatic rings. The molecule has 3 heterocycles. The Bertz CT molecular complexity index is 880. The molecular weight excluding hydrogens is 302 g/mol. The molecule has 4 rings (SSSR count). The molecule has 118 valence electrons. The minimum absolute atomic E-state index is 0.142. The van der Waals surface area contributed by atoms with Gasteiger partial charge < -0.3 is 4.84 Å². The second-order valence-electron chi connectivity index (χ2n) is 5.45. The van der Waals surface area contributed by atoms with Gasteiger partial charge in [-0.3, -0.25) is 4.98 Å². The molecule has 1 atom stereocenters. The van der Waals surface area contributed by atoms with Gasteiger partial charge in [-0.1, -0.05) is 30.3 Å². The van der Waals surface area contributed by atoms with Gasteiger partial charge in [0.1, 0.15) is 5.69 Å². The molecule has 1 aromatic carbocycles. The van der Waals surface area contributed by atoms with Gasteiger partial charge in [-0.15, -0.1) is 5.48 Å². The SMILES string of the molecule is CC1C=C(c2cnc(-c3cnccn3)nc2-c2ccccc2)ON1. The van der Waals surface area contributed by atoms with Crippen molar-refractivity contribution in [3.05, 3.63) is 66.8 Å². The quantitative estimate of drug-likeness (QED) is 0.801. The Morgan fingerprint density at radius 3 is 2.62 bits per heavy atom. The Morgan fingerprint density at radius 2 is 1.92 bits per heavy atom. The highest BCUT2D eigenvalue weighted by atomic mass is 16.7. The van der Waals surface area contributed by atoms with Crippen molar-refractivity contribution in [1.82, 2.24) is 25.4 Å². The maximum atomic E-state index is 5.56. The fourth-order valence-electron chi connectivity index (χ4n) is 2.51. The minimum atomic E-state index is 0.142. The van der Waals surface area contributed by atoms with Gasteiger partial charge in [0.2, 0.25) is 0 Å². The van der Waals surface area contributed by atoms with Crippen LogP contribution in [0, 0.1) is 0 Å². The number of benzene rings is 1. The van der Waals surface area contributed by atoms with E-state index < -0.39 is 0 Å². The van der Waals surface area contributed by atoms with Crippen LogP contribution in [-0.2, 0) is 4.84 Å². The Kier molecular flexibility index (Phi) is 3.72. The van der Waals surface area contributed by atoms with Gasteiger partial charge in [0.15, 0.2) is 11.6 Å². The van der Waals surface area contributed by atoms with E-state index in [0.717, 1.165) is 22.6 Å². The molecule has 0 fully saturated rings. The molecular formula is C18H15N5O. The van der Waals surface area contributed by atoms with Crippen LogP contribution in [0.3, 0.4) is 0 Å². The molecule has 24 heavy (non-hydrogen) atoms. The first-order chi connectivity index (χ1) is 11.8. The largest absolute Gasteiger partial charge is 0.408 e. The first kappa shape index (κ1) is 14.5. The zero-order valence-corrected chi connectivity index (χ0v) is 13.0.